The zero-order valence-corrected chi connectivity index (χ0v) is 11.3. The summed E-state index contributed by atoms with van der Waals surface area (Å²) in [4.78, 5) is 2.35. The molecule has 100 valence electrons. The third kappa shape index (κ3) is 3.03. The van der Waals surface area contributed by atoms with Gasteiger partial charge in [-0.05, 0) is 24.9 Å². The lowest BCUT2D eigenvalue weighted by Gasteiger charge is -2.21. The van der Waals surface area contributed by atoms with E-state index in [0.29, 0.717) is 6.54 Å². The topological polar surface area (TPSA) is 32.7 Å². The number of nitrogens with zero attached hydrogens (tertiary/aromatic N) is 1. The molecule has 0 amide bonds. The first kappa shape index (κ1) is 13.4. The van der Waals surface area contributed by atoms with Crippen LogP contribution < -0.4 is 4.74 Å². The normalized spacial score (nSPS) is 22.1. The number of aliphatic hydroxyl groups is 1. The number of hydrogen-bond donors (Lipinski definition) is 1. The maximum atomic E-state index is 10.3. The van der Waals surface area contributed by atoms with E-state index in [1.165, 1.54) is 12.8 Å². The molecule has 0 bridgehead atoms. The second-order valence-corrected chi connectivity index (χ2v) is 5.08. The van der Waals surface area contributed by atoms with Gasteiger partial charge >= 0.3 is 0 Å². The van der Waals surface area contributed by atoms with Crippen LogP contribution in [0.15, 0.2) is 24.3 Å². The molecule has 0 saturated carbocycles. The van der Waals surface area contributed by atoms with Crippen molar-refractivity contribution in [3.05, 3.63) is 29.8 Å². The van der Waals surface area contributed by atoms with Crippen LogP contribution in [0.2, 0.25) is 0 Å². The number of ether oxygens (including phenoxy) is 1. The molecule has 1 heterocycles. The first-order valence-electron chi connectivity index (χ1n) is 6.78. The Kier molecular flexibility index (Phi) is 4.61. The van der Waals surface area contributed by atoms with Gasteiger partial charge in [-0.3, -0.25) is 0 Å². The van der Waals surface area contributed by atoms with Crippen LogP contribution in [-0.2, 0) is 0 Å². The molecule has 18 heavy (non-hydrogen) atoms. The number of methoxy groups -OCH3 is 1. The molecular weight excluding hydrogens is 226 g/mol. The van der Waals surface area contributed by atoms with E-state index < -0.39 is 6.10 Å². The molecule has 1 fully saturated rings. The van der Waals surface area contributed by atoms with Gasteiger partial charge in [-0.1, -0.05) is 31.5 Å². The Bertz CT molecular complexity index is 381. The van der Waals surface area contributed by atoms with Crippen molar-refractivity contribution in [3.8, 4) is 5.75 Å². The van der Waals surface area contributed by atoms with Gasteiger partial charge in [-0.2, -0.15) is 0 Å². The molecule has 0 spiro atoms. The Morgan fingerprint density at radius 3 is 2.89 bits per heavy atom. The highest BCUT2D eigenvalue weighted by Crippen LogP contribution is 2.27. The summed E-state index contributed by atoms with van der Waals surface area (Å²) in [6, 6.07) is 7.71. The van der Waals surface area contributed by atoms with Crippen LogP contribution in [0.1, 0.15) is 31.4 Å². The third-order valence-electron chi connectivity index (χ3n) is 3.88. The van der Waals surface area contributed by atoms with Gasteiger partial charge in [0.2, 0.25) is 0 Å². The molecular formula is C15H23NO2. The second kappa shape index (κ2) is 6.21. The van der Waals surface area contributed by atoms with Crippen molar-refractivity contribution in [2.75, 3.05) is 26.7 Å². The minimum atomic E-state index is -0.461. The van der Waals surface area contributed by atoms with Crippen molar-refractivity contribution in [3.63, 3.8) is 0 Å². The molecule has 1 aromatic rings. The highest BCUT2D eigenvalue weighted by Gasteiger charge is 2.24. The quantitative estimate of drug-likeness (QED) is 0.870. The number of para-hydroxylation sites is 1. The third-order valence-corrected chi connectivity index (χ3v) is 3.88. The number of rotatable bonds is 5. The van der Waals surface area contributed by atoms with Crippen LogP contribution in [0.4, 0.5) is 0 Å². The molecule has 1 aliphatic rings. The number of hydrogen-bond acceptors (Lipinski definition) is 3. The Hall–Kier alpha value is -1.06. The Morgan fingerprint density at radius 2 is 2.22 bits per heavy atom. The highest BCUT2D eigenvalue weighted by atomic mass is 16.5. The molecule has 1 aliphatic heterocycles. The predicted octanol–water partition coefficient (Wildman–Crippen LogP) is 2.46. The van der Waals surface area contributed by atoms with Crippen LogP contribution in [-0.4, -0.2) is 36.8 Å². The van der Waals surface area contributed by atoms with Crippen molar-refractivity contribution in [2.45, 2.75) is 25.9 Å². The van der Waals surface area contributed by atoms with E-state index in [2.05, 4.69) is 11.8 Å². The van der Waals surface area contributed by atoms with E-state index in [-0.39, 0.29) is 0 Å². The first-order chi connectivity index (χ1) is 8.74. The van der Waals surface area contributed by atoms with Gasteiger partial charge in [0.15, 0.2) is 0 Å². The van der Waals surface area contributed by atoms with Crippen molar-refractivity contribution >= 4 is 0 Å². The van der Waals surface area contributed by atoms with E-state index in [9.17, 15) is 5.11 Å². The van der Waals surface area contributed by atoms with Gasteiger partial charge in [-0.25, -0.2) is 0 Å². The maximum Gasteiger partial charge on any atom is 0.124 e. The summed E-state index contributed by atoms with van der Waals surface area (Å²) in [6.07, 6.45) is 2.04. The predicted molar refractivity (Wildman–Crippen MR) is 72.8 cm³/mol. The molecule has 0 aromatic heterocycles. The lowest BCUT2D eigenvalue weighted by Crippen LogP contribution is -2.26. The van der Waals surface area contributed by atoms with Crippen LogP contribution in [0.3, 0.4) is 0 Å². The molecule has 0 radical (unpaired) electrons. The van der Waals surface area contributed by atoms with E-state index in [1.807, 2.05) is 24.3 Å². The van der Waals surface area contributed by atoms with Gasteiger partial charge in [0, 0.05) is 18.7 Å². The number of likely N-dealkylation sites (tertiary alicyclic amines) is 1. The minimum Gasteiger partial charge on any atom is -0.496 e. The summed E-state index contributed by atoms with van der Waals surface area (Å²) in [7, 11) is 1.65. The fourth-order valence-electron chi connectivity index (χ4n) is 2.70. The lowest BCUT2D eigenvalue weighted by molar-refractivity contribution is 0.121. The monoisotopic (exact) mass is 249 g/mol. The van der Waals surface area contributed by atoms with Crippen molar-refractivity contribution in [2.24, 2.45) is 5.92 Å². The fourth-order valence-corrected chi connectivity index (χ4v) is 2.70. The largest absolute Gasteiger partial charge is 0.496 e. The summed E-state index contributed by atoms with van der Waals surface area (Å²) >= 11 is 0. The van der Waals surface area contributed by atoms with Crippen LogP contribution in [0, 0.1) is 5.92 Å². The van der Waals surface area contributed by atoms with Crippen molar-refractivity contribution in [1.29, 1.82) is 0 Å². The molecule has 3 heteroatoms. The van der Waals surface area contributed by atoms with E-state index >= 15 is 0 Å². The average molecular weight is 249 g/mol. The van der Waals surface area contributed by atoms with Crippen molar-refractivity contribution < 1.29 is 9.84 Å². The zero-order chi connectivity index (χ0) is 13.0. The molecule has 1 N–H and O–H groups in total. The maximum absolute atomic E-state index is 10.3. The number of β-amino-alcohol motifs (C(OH)–C–C–N with tert-alkyl or cyclic N) is 1. The molecule has 1 saturated heterocycles. The van der Waals surface area contributed by atoms with Gasteiger partial charge in [0.05, 0.1) is 13.2 Å². The summed E-state index contributed by atoms with van der Waals surface area (Å²) in [5.41, 5.74) is 0.889. The van der Waals surface area contributed by atoms with Gasteiger partial charge in [0.1, 0.15) is 5.75 Å². The average Bonchev–Trinajstić information content (AvgIpc) is 2.86. The van der Waals surface area contributed by atoms with E-state index in [0.717, 1.165) is 30.3 Å². The smallest absolute Gasteiger partial charge is 0.124 e. The summed E-state index contributed by atoms with van der Waals surface area (Å²) in [6.45, 7) is 5.16. The van der Waals surface area contributed by atoms with Crippen LogP contribution in [0.25, 0.3) is 0 Å². The molecule has 0 aliphatic carbocycles. The molecule has 2 rings (SSSR count). The second-order valence-electron chi connectivity index (χ2n) is 5.08. The summed E-state index contributed by atoms with van der Waals surface area (Å²) < 4.78 is 5.29. The Labute approximate surface area is 109 Å². The van der Waals surface area contributed by atoms with Gasteiger partial charge in [0.25, 0.3) is 0 Å². The molecule has 3 nitrogen and oxygen atoms in total. The zero-order valence-electron chi connectivity index (χ0n) is 11.3. The van der Waals surface area contributed by atoms with Crippen molar-refractivity contribution in [1.82, 2.24) is 4.90 Å². The fraction of sp³-hybridized carbons (Fsp3) is 0.600. The van der Waals surface area contributed by atoms with E-state index in [4.69, 9.17) is 4.74 Å². The lowest BCUT2D eigenvalue weighted by atomic mass is 10.1. The first-order valence-corrected chi connectivity index (χ1v) is 6.78. The molecule has 2 atom stereocenters. The Balaban J connectivity index is 1.97. The summed E-state index contributed by atoms with van der Waals surface area (Å²) in [5, 5.41) is 10.3. The molecule has 2 unspecified atom stereocenters. The number of aliphatic hydroxyl groups excluding tert-OH is 1. The SMILES string of the molecule is CCC1CCN(CC(O)c2ccccc2OC)C1. The minimum absolute atomic E-state index is 0.461. The van der Waals surface area contributed by atoms with E-state index in [1.54, 1.807) is 7.11 Å². The molecule has 1 aromatic carbocycles. The number of benzene rings is 1. The standard InChI is InChI=1S/C15H23NO2/c1-3-12-8-9-16(10-12)11-14(17)13-6-4-5-7-15(13)18-2/h4-7,12,14,17H,3,8-11H2,1-2H3. The van der Waals surface area contributed by atoms with Crippen LogP contribution in [0.5, 0.6) is 5.75 Å². The van der Waals surface area contributed by atoms with Gasteiger partial charge < -0.3 is 14.7 Å². The summed E-state index contributed by atoms with van der Waals surface area (Å²) in [5.74, 6) is 1.58. The Morgan fingerprint density at radius 1 is 1.44 bits per heavy atom. The highest BCUT2D eigenvalue weighted by molar-refractivity contribution is 5.35. The van der Waals surface area contributed by atoms with Crippen LogP contribution >= 0.6 is 0 Å². The van der Waals surface area contributed by atoms with Gasteiger partial charge in [-0.15, -0.1) is 0 Å².